The summed E-state index contributed by atoms with van der Waals surface area (Å²) in [6, 6.07) is 2.34. The van der Waals surface area contributed by atoms with Gasteiger partial charge in [0.25, 0.3) is 0 Å². The van der Waals surface area contributed by atoms with Crippen molar-refractivity contribution >= 4 is 12.4 Å². The third-order valence-corrected chi connectivity index (χ3v) is 3.19. The van der Waals surface area contributed by atoms with Crippen LogP contribution in [0.1, 0.15) is 12.8 Å². The van der Waals surface area contributed by atoms with Gasteiger partial charge in [0.05, 0.1) is 5.75 Å². The topological polar surface area (TPSA) is 12.5 Å². The van der Waals surface area contributed by atoms with Gasteiger partial charge >= 0.3 is 6.98 Å². The van der Waals surface area contributed by atoms with Crippen LogP contribution in [-0.2, 0) is 0 Å². The van der Waals surface area contributed by atoms with E-state index in [1.165, 1.54) is 0 Å². The Kier molecular flexibility index (Phi) is 4.34. The van der Waals surface area contributed by atoms with Gasteiger partial charge in [-0.2, -0.15) is 0 Å². The fraction of sp³-hybridized carbons (Fsp3) is 0.500. The Hall–Kier alpha value is -1.24. The monoisotopic (exact) mass is 276 g/mol. The number of halogens is 4. The molecule has 1 fully saturated rings. The van der Waals surface area contributed by atoms with Gasteiger partial charge in [0.1, 0.15) is 12.4 Å². The summed E-state index contributed by atoms with van der Waals surface area (Å²) in [5.74, 6) is -1.13. The highest BCUT2D eigenvalue weighted by molar-refractivity contribution is 6.74. The Bertz CT molecular complexity index is 432. The second-order valence-corrected chi connectivity index (χ2v) is 4.65. The standard InChI is InChI=1S/C12H15BF4NO/c14-10-3-4-11(13(15,16)17)12(9-10)19-8-7-18-5-1-2-6-18/h3-4,9H,1-2,5-8H2/q-1. The quantitative estimate of drug-likeness (QED) is 0.604. The molecule has 0 unspecified atom stereocenters. The first-order chi connectivity index (χ1) is 8.97. The normalized spacial score (nSPS) is 16.8. The summed E-state index contributed by atoms with van der Waals surface area (Å²) < 4.78 is 56.4. The van der Waals surface area contributed by atoms with Crippen molar-refractivity contribution in [3.05, 3.63) is 24.0 Å². The summed E-state index contributed by atoms with van der Waals surface area (Å²) in [6.07, 6.45) is 2.22. The van der Waals surface area contributed by atoms with Crippen molar-refractivity contribution in [2.24, 2.45) is 0 Å². The molecule has 0 bridgehead atoms. The largest absolute Gasteiger partial charge is 0.513 e. The van der Waals surface area contributed by atoms with Crippen molar-refractivity contribution in [1.29, 1.82) is 0 Å². The summed E-state index contributed by atoms with van der Waals surface area (Å²) in [6.45, 7) is -2.58. The molecule has 0 atom stereocenters. The van der Waals surface area contributed by atoms with Gasteiger partial charge in [0, 0.05) is 12.6 Å². The van der Waals surface area contributed by atoms with Crippen LogP contribution in [0.4, 0.5) is 17.3 Å². The molecule has 2 rings (SSSR count). The summed E-state index contributed by atoms with van der Waals surface area (Å²) in [7, 11) is 0. The zero-order valence-electron chi connectivity index (χ0n) is 10.4. The Morgan fingerprint density at radius 1 is 1.16 bits per heavy atom. The average molecular weight is 276 g/mol. The minimum absolute atomic E-state index is 0.141. The first-order valence-electron chi connectivity index (χ1n) is 6.31. The van der Waals surface area contributed by atoms with E-state index in [0.29, 0.717) is 6.54 Å². The van der Waals surface area contributed by atoms with Crippen LogP contribution in [0.25, 0.3) is 0 Å². The maximum atomic E-state index is 13.0. The number of rotatable bonds is 5. The molecule has 1 heterocycles. The molecule has 106 valence electrons. The van der Waals surface area contributed by atoms with E-state index in [-0.39, 0.29) is 6.61 Å². The Labute approximate surface area is 109 Å². The molecule has 7 heteroatoms. The van der Waals surface area contributed by atoms with Gasteiger partial charge in [-0.05, 0) is 32.0 Å². The van der Waals surface area contributed by atoms with Gasteiger partial charge in [-0.3, -0.25) is 4.90 Å². The van der Waals surface area contributed by atoms with Crippen LogP contribution < -0.4 is 10.2 Å². The molecule has 0 N–H and O–H groups in total. The number of likely N-dealkylation sites (tertiary alicyclic amines) is 1. The Morgan fingerprint density at radius 3 is 2.47 bits per heavy atom. The molecule has 0 spiro atoms. The van der Waals surface area contributed by atoms with Crippen LogP contribution in [0.15, 0.2) is 18.2 Å². The van der Waals surface area contributed by atoms with Gasteiger partial charge in [0.2, 0.25) is 0 Å². The zero-order valence-corrected chi connectivity index (χ0v) is 10.4. The Morgan fingerprint density at radius 2 is 1.84 bits per heavy atom. The lowest BCUT2D eigenvalue weighted by Gasteiger charge is -2.21. The fourth-order valence-electron chi connectivity index (χ4n) is 2.19. The minimum atomic E-state index is -5.19. The van der Waals surface area contributed by atoms with Crippen LogP contribution in [0.3, 0.4) is 0 Å². The van der Waals surface area contributed by atoms with E-state index in [2.05, 4.69) is 4.90 Å². The highest BCUT2D eigenvalue weighted by atomic mass is 19.4. The van der Waals surface area contributed by atoms with Gasteiger partial charge in [-0.25, -0.2) is 4.39 Å². The van der Waals surface area contributed by atoms with Crippen LogP contribution in [0.5, 0.6) is 5.75 Å². The summed E-state index contributed by atoms with van der Waals surface area (Å²) in [5, 5.41) is 0. The van der Waals surface area contributed by atoms with E-state index >= 15 is 0 Å². The van der Waals surface area contributed by atoms with E-state index in [9.17, 15) is 17.3 Å². The lowest BCUT2D eigenvalue weighted by Crippen LogP contribution is -2.36. The zero-order chi connectivity index (χ0) is 13.9. The molecule has 1 aromatic carbocycles. The van der Waals surface area contributed by atoms with Crippen molar-refractivity contribution in [1.82, 2.24) is 4.90 Å². The van der Waals surface area contributed by atoms with Crippen LogP contribution in [-0.4, -0.2) is 38.1 Å². The Balaban J connectivity index is 1.99. The molecule has 2 nitrogen and oxygen atoms in total. The second-order valence-electron chi connectivity index (χ2n) is 4.65. The molecule has 0 amide bonds. The minimum Gasteiger partial charge on any atom is -0.495 e. The first-order valence-corrected chi connectivity index (χ1v) is 6.31. The SMILES string of the molecule is Fc1ccc([B-](F)(F)F)c(OCCN2CCCC2)c1. The number of nitrogens with zero attached hydrogens (tertiary/aromatic N) is 1. The van der Waals surface area contributed by atoms with Crippen molar-refractivity contribution < 1.29 is 22.1 Å². The molecule has 1 aromatic rings. The average Bonchev–Trinajstić information content (AvgIpc) is 2.80. The molecule has 1 aliphatic heterocycles. The lowest BCUT2D eigenvalue weighted by atomic mass is 9.79. The predicted octanol–water partition coefficient (Wildman–Crippen LogP) is 2.35. The highest BCUT2D eigenvalue weighted by Crippen LogP contribution is 2.19. The maximum Gasteiger partial charge on any atom is 0.513 e. The molecule has 1 aliphatic rings. The molecular weight excluding hydrogens is 261 g/mol. The van der Waals surface area contributed by atoms with E-state index < -0.39 is 24.0 Å². The van der Waals surface area contributed by atoms with Gasteiger partial charge in [-0.1, -0.05) is 11.5 Å². The fourth-order valence-corrected chi connectivity index (χ4v) is 2.19. The first kappa shape index (κ1) is 14.2. The molecule has 0 saturated carbocycles. The molecule has 19 heavy (non-hydrogen) atoms. The van der Waals surface area contributed by atoms with Gasteiger partial charge in [0.15, 0.2) is 0 Å². The van der Waals surface area contributed by atoms with Crippen molar-refractivity contribution in [2.75, 3.05) is 26.2 Å². The van der Waals surface area contributed by atoms with Crippen LogP contribution in [0, 0.1) is 5.82 Å². The summed E-state index contributed by atoms with van der Waals surface area (Å²) >= 11 is 0. The van der Waals surface area contributed by atoms with Gasteiger partial charge in [-0.15, -0.1) is 0 Å². The molecule has 1 saturated heterocycles. The third kappa shape index (κ3) is 3.86. The van der Waals surface area contributed by atoms with E-state index in [4.69, 9.17) is 4.74 Å². The lowest BCUT2D eigenvalue weighted by molar-refractivity contribution is 0.238. The molecule has 0 aliphatic carbocycles. The third-order valence-electron chi connectivity index (χ3n) is 3.19. The van der Waals surface area contributed by atoms with Crippen molar-refractivity contribution in [3.63, 3.8) is 0 Å². The maximum absolute atomic E-state index is 13.0. The highest BCUT2D eigenvalue weighted by Gasteiger charge is 2.29. The summed E-state index contributed by atoms with van der Waals surface area (Å²) in [5.41, 5.74) is -0.872. The number of ether oxygens (including phenoxy) is 1. The second kappa shape index (κ2) is 5.82. The number of hydrogen-bond donors (Lipinski definition) is 0. The van der Waals surface area contributed by atoms with E-state index in [0.717, 1.165) is 44.1 Å². The smallest absolute Gasteiger partial charge is 0.495 e. The van der Waals surface area contributed by atoms with E-state index in [1.54, 1.807) is 0 Å². The number of benzene rings is 1. The predicted molar refractivity (Wildman–Crippen MR) is 66.3 cm³/mol. The van der Waals surface area contributed by atoms with Crippen molar-refractivity contribution in [3.8, 4) is 5.75 Å². The van der Waals surface area contributed by atoms with Crippen LogP contribution in [0.2, 0.25) is 0 Å². The number of hydrogen-bond acceptors (Lipinski definition) is 2. The molecule has 0 radical (unpaired) electrons. The molecular formula is C12H15BF4NO-. The van der Waals surface area contributed by atoms with Gasteiger partial charge < -0.3 is 17.7 Å². The molecule has 0 aromatic heterocycles. The summed E-state index contributed by atoms with van der Waals surface area (Å²) in [4.78, 5) is 2.12. The van der Waals surface area contributed by atoms with E-state index in [1.807, 2.05) is 0 Å². The van der Waals surface area contributed by atoms with Crippen molar-refractivity contribution in [2.45, 2.75) is 12.8 Å². The van der Waals surface area contributed by atoms with Crippen LogP contribution >= 0.6 is 0 Å².